The van der Waals surface area contributed by atoms with Crippen LogP contribution >= 0.6 is 0 Å². The molecule has 0 aromatic heterocycles. The molecule has 4 nitrogen and oxygen atoms in total. The van der Waals surface area contributed by atoms with Crippen molar-refractivity contribution in [3.05, 3.63) is 106 Å². The van der Waals surface area contributed by atoms with Gasteiger partial charge in [0, 0.05) is 45.2 Å². The summed E-state index contributed by atoms with van der Waals surface area (Å²) in [5.74, 6) is 0.0795. The Hall–Kier alpha value is -2.57. The maximum atomic E-state index is 14.2. The number of rotatable bonds is 5. The number of aliphatic hydroxyl groups excluding tert-OH is 1. The second kappa shape index (κ2) is 9.82. The van der Waals surface area contributed by atoms with Crippen LogP contribution in [-0.4, -0.2) is 60.3 Å². The Morgan fingerprint density at radius 2 is 1.57 bits per heavy atom. The quantitative estimate of drug-likeness (QED) is 0.584. The Bertz CT molecular complexity index is 1160. The van der Waals surface area contributed by atoms with Gasteiger partial charge in [-0.3, -0.25) is 9.80 Å². The molecule has 1 N–H and O–H groups in total. The topological polar surface area (TPSA) is 35.9 Å². The molecule has 35 heavy (non-hydrogen) atoms. The second-order valence-corrected chi connectivity index (χ2v) is 10.3. The van der Waals surface area contributed by atoms with Crippen LogP contribution in [0.4, 0.5) is 4.39 Å². The minimum atomic E-state index is -0.450. The normalized spacial score (nSPS) is 25.4. The van der Waals surface area contributed by atoms with E-state index < -0.39 is 6.10 Å². The summed E-state index contributed by atoms with van der Waals surface area (Å²) in [5.41, 5.74) is 5.87. The van der Waals surface area contributed by atoms with E-state index in [4.69, 9.17) is 4.74 Å². The van der Waals surface area contributed by atoms with E-state index in [1.54, 1.807) is 12.1 Å². The predicted molar refractivity (Wildman–Crippen MR) is 135 cm³/mol. The maximum Gasteiger partial charge on any atom is 0.123 e. The summed E-state index contributed by atoms with van der Waals surface area (Å²) >= 11 is 0. The fourth-order valence-electron chi connectivity index (χ4n) is 6.18. The van der Waals surface area contributed by atoms with Crippen LogP contribution in [0.15, 0.2) is 72.8 Å². The number of β-amino-alcohol motifs (C(OH)–C–C–N with tert-alkyl or cyclic N) is 1. The van der Waals surface area contributed by atoms with E-state index >= 15 is 0 Å². The fourth-order valence-corrected chi connectivity index (χ4v) is 6.18. The molecule has 6 rings (SSSR count). The number of piperazine rings is 1. The largest absolute Gasteiger partial charge is 0.387 e. The Morgan fingerprint density at radius 3 is 2.40 bits per heavy atom. The molecule has 5 heteroatoms. The van der Waals surface area contributed by atoms with Gasteiger partial charge in [0.15, 0.2) is 0 Å². The molecule has 1 unspecified atom stereocenters. The number of hydrogen-bond acceptors (Lipinski definition) is 4. The predicted octanol–water partition coefficient (Wildman–Crippen LogP) is 4.69. The van der Waals surface area contributed by atoms with Crippen molar-refractivity contribution >= 4 is 0 Å². The molecular weight excluding hydrogens is 439 g/mol. The van der Waals surface area contributed by atoms with Crippen LogP contribution in [0.2, 0.25) is 0 Å². The van der Waals surface area contributed by atoms with E-state index in [1.807, 2.05) is 36.4 Å². The number of ether oxygens (including phenoxy) is 1. The molecule has 2 aliphatic heterocycles. The highest BCUT2D eigenvalue weighted by atomic mass is 19.1. The number of aliphatic hydroxyl groups is 1. The molecule has 182 valence electrons. The van der Waals surface area contributed by atoms with Crippen LogP contribution in [0.3, 0.4) is 0 Å². The van der Waals surface area contributed by atoms with Gasteiger partial charge in [-0.2, -0.15) is 0 Å². The highest BCUT2D eigenvalue weighted by Crippen LogP contribution is 2.49. The van der Waals surface area contributed by atoms with Crippen molar-refractivity contribution in [3.63, 3.8) is 0 Å². The second-order valence-electron chi connectivity index (χ2n) is 10.3. The van der Waals surface area contributed by atoms with Crippen LogP contribution in [0.1, 0.15) is 52.4 Å². The maximum absolute atomic E-state index is 14.2. The summed E-state index contributed by atoms with van der Waals surface area (Å²) in [4.78, 5) is 4.84. The molecule has 2 saturated heterocycles. The first-order valence-corrected chi connectivity index (χ1v) is 12.8. The Morgan fingerprint density at radius 1 is 0.857 bits per heavy atom. The highest BCUT2D eigenvalue weighted by molar-refractivity contribution is 5.45. The first-order valence-electron chi connectivity index (χ1n) is 12.8. The summed E-state index contributed by atoms with van der Waals surface area (Å²) in [6.07, 6.45) is 1.40. The summed E-state index contributed by atoms with van der Waals surface area (Å²) in [6.45, 7) is 5.40. The molecule has 2 fully saturated rings. The molecule has 0 saturated carbocycles. The summed E-state index contributed by atoms with van der Waals surface area (Å²) in [6, 6.07) is 23.8. The van der Waals surface area contributed by atoms with Gasteiger partial charge in [-0.15, -0.1) is 0 Å². The van der Waals surface area contributed by atoms with Gasteiger partial charge >= 0.3 is 0 Å². The Kier molecular flexibility index (Phi) is 6.42. The molecule has 3 aromatic rings. The monoisotopic (exact) mass is 472 g/mol. The van der Waals surface area contributed by atoms with Gasteiger partial charge in [-0.05, 0) is 52.8 Å². The lowest BCUT2D eigenvalue weighted by atomic mass is 9.87. The minimum absolute atomic E-state index is 0.0864. The van der Waals surface area contributed by atoms with E-state index in [1.165, 1.54) is 16.7 Å². The number of fused-ring (bicyclic) bond motifs is 5. The van der Waals surface area contributed by atoms with Crippen molar-refractivity contribution in [2.24, 2.45) is 0 Å². The number of hydrogen-bond donors (Lipinski definition) is 1. The average Bonchev–Trinajstić information content (AvgIpc) is 3.25. The molecule has 0 spiro atoms. The molecule has 3 aliphatic rings. The Balaban J connectivity index is 1.11. The zero-order valence-electron chi connectivity index (χ0n) is 20.0. The first-order chi connectivity index (χ1) is 17.1. The van der Waals surface area contributed by atoms with Crippen LogP contribution < -0.4 is 0 Å². The Labute approximate surface area is 207 Å². The van der Waals surface area contributed by atoms with Crippen molar-refractivity contribution in [1.82, 2.24) is 9.80 Å². The van der Waals surface area contributed by atoms with Gasteiger partial charge < -0.3 is 9.84 Å². The van der Waals surface area contributed by atoms with Crippen molar-refractivity contribution in [2.45, 2.75) is 37.1 Å². The first kappa shape index (κ1) is 22.9. The molecule has 0 bridgehead atoms. The van der Waals surface area contributed by atoms with Gasteiger partial charge in [0.1, 0.15) is 5.82 Å². The summed E-state index contributed by atoms with van der Waals surface area (Å²) < 4.78 is 20.9. The fraction of sp³-hybridized carbons (Fsp3) is 0.400. The van der Waals surface area contributed by atoms with Crippen LogP contribution in [0.5, 0.6) is 0 Å². The lowest BCUT2D eigenvalue weighted by Gasteiger charge is -2.36. The highest BCUT2D eigenvalue weighted by Gasteiger charge is 2.41. The van der Waals surface area contributed by atoms with E-state index in [9.17, 15) is 9.50 Å². The van der Waals surface area contributed by atoms with E-state index in [0.717, 1.165) is 56.7 Å². The third-order valence-electron chi connectivity index (χ3n) is 8.01. The summed E-state index contributed by atoms with van der Waals surface area (Å²) in [7, 11) is 0. The van der Waals surface area contributed by atoms with E-state index in [0.29, 0.717) is 6.54 Å². The third-order valence-corrected chi connectivity index (χ3v) is 8.01. The van der Waals surface area contributed by atoms with Gasteiger partial charge in [-0.25, -0.2) is 4.39 Å². The lowest BCUT2D eigenvalue weighted by molar-refractivity contribution is 0.00454. The van der Waals surface area contributed by atoms with E-state index in [-0.39, 0.29) is 23.9 Å². The van der Waals surface area contributed by atoms with Gasteiger partial charge in [0.05, 0.1) is 18.3 Å². The molecule has 2 heterocycles. The van der Waals surface area contributed by atoms with Crippen LogP contribution in [0.25, 0.3) is 0 Å². The number of halogens is 1. The molecule has 3 aromatic carbocycles. The van der Waals surface area contributed by atoms with Gasteiger partial charge in [-0.1, -0.05) is 60.7 Å². The van der Waals surface area contributed by atoms with Crippen molar-refractivity contribution in [1.29, 1.82) is 0 Å². The summed E-state index contributed by atoms with van der Waals surface area (Å²) in [5, 5.41) is 10.6. The van der Waals surface area contributed by atoms with Crippen molar-refractivity contribution in [3.8, 4) is 0 Å². The van der Waals surface area contributed by atoms with E-state index in [2.05, 4.69) is 34.1 Å². The zero-order valence-corrected chi connectivity index (χ0v) is 20.0. The molecule has 0 amide bonds. The number of nitrogens with zero attached hydrogens (tertiary/aromatic N) is 2. The van der Waals surface area contributed by atoms with Crippen LogP contribution in [-0.2, 0) is 11.2 Å². The molecular formula is C30H33FN2O2. The SMILES string of the molecule is OC(CN1CCN(C[C@H]2C[C@@H]3c4ccccc4Cc4ccc(F)cc4[C@H]3O2)CC1)c1ccccc1. The van der Waals surface area contributed by atoms with Crippen molar-refractivity contribution in [2.75, 3.05) is 39.3 Å². The molecule has 1 aliphatic carbocycles. The minimum Gasteiger partial charge on any atom is -0.387 e. The smallest absolute Gasteiger partial charge is 0.123 e. The average molecular weight is 473 g/mol. The third kappa shape index (κ3) is 4.78. The number of benzene rings is 3. The van der Waals surface area contributed by atoms with Crippen molar-refractivity contribution < 1.29 is 14.2 Å². The lowest BCUT2D eigenvalue weighted by Crippen LogP contribution is -2.49. The molecule has 0 radical (unpaired) electrons. The van der Waals surface area contributed by atoms with Gasteiger partial charge in [0.25, 0.3) is 0 Å². The van der Waals surface area contributed by atoms with Crippen LogP contribution in [0, 0.1) is 5.82 Å². The van der Waals surface area contributed by atoms with Gasteiger partial charge in [0.2, 0.25) is 0 Å². The molecule has 4 atom stereocenters. The standard InChI is InChI=1S/C30H33FN2O2/c31-24-11-10-23-16-22-8-4-5-9-26(22)28-18-25(35-30(28)27(23)17-24)19-32-12-14-33(15-13-32)20-29(34)21-6-2-1-3-7-21/h1-11,17,25,28-30,34H,12-16,18-20H2/t25-,28-,29?,30-/m1/s1. The zero-order chi connectivity index (χ0) is 23.8.